The van der Waals surface area contributed by atoms with Gasteiger partial charge in [-0.3, -0.25) is 0 Å². The van der Waals surface area contributed by atoms with Gasteiger partial charge in [0.05, 0.1) is 24.9 Å². The summed E-state index contributed by atoms with van der Waals surface area (Å²) >= 11 is 3.38. The first-order chi connectivity index (χ1) is 10.6. The Morgan fingerprint density at radius 2 is 2.04 bits per heavy atom. The van der Waals surface area contributed by atoms with Crippen LogP contribution in [0.25, 0.3) is 0 Å². The third-order valence-electron chi connectivity index (χ3n) is 3.35. The van der Waals surface area contributed by atoms with Crippen LogP contribution in [0.5, 0.6) is 0 Å². The molecule has 2 heterocycles. The summed E-state index contributed by atoms with van der Waals surface area (Å²) in [5, 5.41) is 0. The van der Waals surface area contributed by atoms with Crippen molar-refractivity contribution in [3.05, 3.63) is 16.1 Å². The van der Waals surface area contributed by atoms with Crippen LogP contribution in [0.4, 0.5) is 4.79 Å². The Balaban J connectivity index is 2.30. The van der Waals surface area contributed by atoms with Crippen LogP contribution in [0.2, 0.25) is 0 Å². The molecule has 1 aromatic heterocycles. The molecule has 128 valence electrons. The number of carbonyl (C=O) groups excluding carboxylic acids is 2. The molecule has 2 rings (SSSR count). The van der Waals surface area contributed by atoms with E-state index in [1.54, 1.807) is 11.8 Å². The standard InChI is InChI=1S/C15H22BrN3O4/c1-6-22-12(20)11-10-8-18(14(21)23-15(3,4)5)7-9(2)19(10)13(16)17-11/h9H,6-8H2,1-5H3/t9-/m1/s1. The van der Waals surface area contributed by atoms with Crippen molar-refractivity contribution in [3.8, 4) is 0 Å². The smallest absolute Gasteiger partial charge is 0.410 e. The molecule has 1 aliphatic heterocycles. The second-order valence-corrected chi connectivity index (χ2v) is 7.19. The van der Waals surface area contributed by atoms with Crippen LogP contribution in [0.15, 0.2) is 4.73 Å². The highest BCUT2D eigenvalue weighted by molar-refractivity contribution is 9.10. The summed E-state index contributed by atoms with van der Waals surface area (Å²) in [4.78, 5) is 30.3. The molecule has 7 nitrogen and oxygen atoms in total. The van der Waals surface area contributed by atoms with Crippen molar-refractivity contribution in [3.63, 3.8) is 0 Å². The van der Waals surface area contributed by atoms with Crippen LogP contribution < -0.4 is 0 Å². The van der Waals surface area contributed by atoms with Gasteiger partial charge in [-0.25, -0.2) is 14.6 Å². The van der Waals surface area contributed by atoms with Crippen LogP contribution in [-0.4, -0.2) is 45.3 Å². The number of hydrogen-bond donors (Lipinski definition) is 0. The van der Waals surface area contributed by atoms with E-state index in [-0.39, 0.29) is 24.9 Å². The van der Waals surface area contributed by atoms with Crippen molar-refractivity contribution >= 4 is 28.0 Å². The highest BCUT2D eigenvalue weighted by atomic mass is 79.9. The largest absolute Gasteiger partial charge is 0.461 e. The molecule has 0 aromatic carbocycles. The van der Waals surface area contributed by atoms with Gasteiger partial charge >= 0.3 is 12.1 Å². The molecule has 0 bridgehead atoms. The first-order valence-electron chi connectivity index (χ1n) is 7.55. The number of aromatic nitrogens is 2. The third-order valence-corrected chi connectivity index (χ3v) is 3.91. The summed E-state index contributed by atoms with van der Waals surface area (Å²) in [7, 11) is 0. The van der Waals surface area contributed by atoms with Gasteiger partial charge in [-0.15, -0.1) is 0 Å². The van der Waals surface area contributed by atoms with E-state index in [4.69, 9.17) is 9.47 Å². The van der Waals surface area contributed by atoms with Gasteiger partial charge in [-0.2, -0.15) is 0 Å². The molecule has 1 amide bonds. The highest BCUT2D eigenvalue weighted by Gasteiger charge is 2.34. The number of rotatable bonds is 2. The van der Waals surface area contributed by atoms with E-state index in [9.17, 15) is 9.59 Å². The predicted octanol–water partition coefficient (Wildman–Crippen LogP) is 3.13. The van der Waals surface area contributed by atoms with Gasteiger partial charge in [-0.05, 0) is 50.5 Å². The zero-order valence-corrected chi connectivity index (χ0v) is 15.6. The average Bonchev–Trinajstić information content (AvgIpc) is 2.75. The molecule has 1 aliphatic rings. The second kappa shape index (κ2) is 6.51. The number of nitrogens with zero attached hydrogens (tertiary/aromatic N) is 3. The second-order valence-electron chi connectivity index (χ2n) is 6.48. The maximum absolute atomic E-state index is 12.3. The Morgan fingerprint density at radius 3 is 2.61 bits per heavy atom. The average molecular weight is 388 g/mol. The van der Waals surface area contributed by atoms with E-state index in [1.807, 2.05) is 32.3 Å². The molecule has 1 aromatic rings. The molecule has 0 N–H and O–H groups in total. The fourth-order valence-electron chi connectivity index (χ4n) is 2.51. The Hall–Kier alpha value is -1.57. The van der Waals surface area contributed by atoms with Crippen molar-refractivity contribution in [2.24, 2.45) is 0 Å². The Labute approximate surface area is 144 Å². The lowest BCUT2D eigenvalue weighted by molar-refractivity contribution is 0.0168. The summed E-state index contributed by atoms with van der Waals surface area (Å²) in [6, 6.07) is -0.0312. The molecule has 0 unspecified atom stereocenters. The summed E-state index contributed by atoms with van der Waals surface area (Å²) in [5.74, 6) is -0.486. The molecule has 8 heteroatoms. The molecule has 0 radical (unpaired) electrons. The van der Waals surface area contributed by atoms with Crippen LogP contribution >= 0.6 is 15.9 Å². The minimum Gasteiger partial charge on any atom is -0.461 e. The molecule has 0 saturated carbocycles. The van der Waals surface area contributed by atoms with Crippen LogP contribution in [0, 0.1) is 0 Å². The molecule has 0 spiro atoms. The van der Waals surface area contributed by atoms with Gasteiger partial charge in [0.1, 0.15) is 5.60 Å². The summed E-state index contributed by atoms with van der Waals surface area (Å²) in [5.41, 5.74) is 0.321. The van der Waals surface area contributed by atoms with Crippen molar-refractivity contribution in [2.45, 2.75) is 52.8 Å². The van der Waals surface area contributed by atoms with E-state index in [0.29, 0.717) is 17.0 Å². The quantitative estimate of drug-likeness (QED) is 0.728. The van der Waals surface area contributed by atoms with E-state index in [0.717, 1.165) is 0 Å². The van der Waals surface area contributed by atoms with Crippen LogP contribution in [0.3, 0.4) is 0 Å². The lowest BCUT2D eigenvalue weighted by Crippen LogP contribution is -2.43. The Bertz CT molecular complexity index is 621. The van der Waals surface area contributed by atoms with E-state index in [1.165, 1.54) is 0 Å². The number of fused-ring (bicyclic) bond motifs is 1. The van der Waals surface area contributed by atoms with Gasteiger partial charge in [0.2, 0.25) is 0 Å². The molecule has 0 aliphatic carbocycles. The number of ether oxygens (including phenoxy) is 2. The summed E-state index contributed by atoms with van der Waals surface area (Å²) in [6.07, 6.45) is -0.400. The van der Waals surface area contributed by atoms with Crippen molar-refractivity contribution in [1.29, 1.82) is 0 Å². The zero-order chi connectivity index (χ0) is 17.4. The normalized spacial score (nSPS) is 17.7. The lowest BCUT2D eigenvalue weighted by atomic mass is 10.2. The van der Waals surface area contributed by atoms with Crippen molar-refractivity contribution in [1.82, 2.24) is 14.5 Å². The number of esters is 1. The van der Waals surface area contributed by atoms with Gasteiger partial charge in [0.15, 0.2) is 10.4 Å². The van der Waals surface area contributed by atoms with Gasteiger partial charge in [0, 0.05) is 6.54 Å². The van der Waals surface area contributed by atoms with Gasteiger partial charge in [-0.1, -0.05) is 0 Å². The summed E-state index contributed by atoms with van der Waals surface area (Å²) in [6.45, 7) is 10.2. The van der Waals surface area contributed by atoms with E-state index in [2.05, 4.69) is 20.9 Å². The zero-order valence-electron chi connectivity index (χ0n) is 14.1. The minimum absolute atomic E-state index is 0.0312. The number of halogens is 1. The number of amides is 1. The third kappa shape index (κ3) is 3.85. The molecule has 0 fully saturated rings. The molecule has 0 saturated heterocycles. The van der Waals surface area contributed by atoms with E-state index < -0.39 is 17.7 Å². The Morgan fingerprint density at radius 1 is 1.39 bits per heavy atom. The SMILES string of the molecule is CCOC(=O)c1nc(Br)n2c1CN(C(=O)OC(C)(C)C)C[C@H]2C. The van der Waals surface area contributed by atoms with E-state index >= 15 is 0 Å². The number of hydrogen-bond acceptors (Lipinski definition) is 5. The monoisotopic (exact) mass is 387 g/mol. The predicted molar refractivity (Wildman–Crippen MR) is 87.2 cm³/mol. The van der Waals surface area contributed by atoms with Gasteiger partial charge < -0.3 is 18.9 Å². The topological polar surface area (TPSA) is 73.7 Å². The number of carbonyl (C=O) groups is 2. The molecule has 23 heavy (non-hydrogen) atoms. The summed E-state index contributed by atoms with van der Waals surface area (Å²) < 4.78 is 12.9. The van der Waals surface area contributed by atoms with Crippen molar-refractivity contribution in [2.75, 3.05) is 13.2 Å². The fourth-order valence-corrected chi connectivity index (χ4v) is 3.25. The van der Waals surface area contributed by atoms with Gasteiger partial charge in [0.25, 0.3) is 0 Å². The number of imidazole rings is 1. The van der Waals surface area contributed by atoms with Crippen molar-refractivity contribution < 1.29 is 19.1 Å². The molecular formula is C15H22BrN3O4. The van der Waals surface area contributed by atoms with Crippen LogP contribution in [0.1, 0.15) is 56.8 Å². The lowest BCUT2D eigenvalue weighted by Gasteiger charge is -2.34. The van der Waals surface area contributed by atoms with Crippen LogP contribution in [-0.2, 0) is 16.0 Å². The minimum atomic E-state index is -0.567. The fraction of sp³-hybridized carbons (Fsp3) is 0.667. The molecular weight excluding hydrogens is 366 g/mol. The first-order valence-corrected chi connectivity index (χ1v) is 8.35. The maximum atomic E-state index is 12.3. The Kier molecular flexibility index (Phi) is 5.03. The molecule has 1 atom stereocenters. The highest BCUT2D eigenvalue weighted by Crippen LogP contribution is 2.30. The first kappa shape index (κ1) is 17.8. The maximum Gasteiger partial charge on any atom is 0.410 e.